The summed E-state index contributed by atoms with van der Waals surface area (Å²) < 4.78 is 27.3. The maximum Gasteiger partial charge on any atom is 0.362 e. The normalized spacial score (nSPS) is 11.1. The molecule has 0 aromatic carbocycles. The second-order valence-electron chi connectivity index (χ2n) is 1.93. The van der Waals surface area contributed by atoms with E-state index in [0.717, 1.165) is 6.92 Å². The van der Waals surface area contributed by atoms with Crippen molar-refractivity contribution in [2.24, 2.45) is 0 Å². The smallest absolute Gasteiger partial charge is 0.274 e. The summed E-state index contributed by atoms with van der Waals surface area (Å²) in [6, 6.07) is 0. The molecular weight excluding hydrogens is 170 g/mol. The summed E-state index contributed by atoms with van der Waals surface area (Å²) in [6.07, 6.45) is 0.582. The van der Waals surface area contributed by atoms with Gasteiger partial charge >= 0.3 is 10.3 Å². The van der Waals surface area contributed by atoms with Crippen molar-refractivity contribution in [1.29, 1.82) is 0 Å². The van der Waals surface area contributed by atoms with Crippen LogP contribution in [0.5, 0.6) is 0 Å². The lowest BCUT2D eigenvalue weighted by atomic mass is 10.5. The first-order valence-corrected chi connectivity index (χ1v) is 4.56. The van der Waals surface area contributed by atoms with E-state index >= 15 is 0 Å². The van der Waals surface area contributed by atoms with Crippen molar-refractivity contribution in [3.05, 3.63) is 0 Å². The Morgan fingerprint density at radius 1 is 1.55 bits per heavy atom. The first-order valence-electron chi connectivity index (χ1n) is 3.15. The van der Waals surface area contributed by atoms with Crippen molar-refractivity contribution in [3.8, 4) is 0 Å². The Bertz CT molecular complexity index is 221. The Morgan fingerprint density at radius 3 is 2.45 bits per heavy atom. The van der Waals surface area contributed by atoms with Gasteiger partial charge in [-0.15, -0.1) is 0 Å². The third-order valence-corrected chi connectivity index (χ3v) is 1.73. The Hall–Kier alpha value is -0.620. The average molecular weight is 181 g/mol. The molecule has 0 unspecified atom stereocenters. The highest BCUT2D eigenvalue weighted by molar-refractivity contribution is 7.85. The van der Waals surface area contributed by atoms with Crippen molar-refractivity contribution in [1.82, 2.24) is 4.72 Å². The van der Waals surface area contributed by atoms with E-state index in [0.29, 0.717) is 6.42 Å². The molecule has 66 valence electrons. The zero-order valence-corrected chi connectivity index (χ0v) is 7.27. The lowest BCUT2D eigenvalue weighted by molar-refractivity contribution is -0.117. The van der Waals surface area contributed by atoms with E-state index in [9.17, 15) is 13.2 Å². The summed E-state index contributed by atoms with van der Waals surface area (Å²) in [5.41, 5.74) is 0. The molecule has 0 atom stereocenters. The zero-order chi connectivity index (χ0) is 8.91. The lowest BCUT2D eigenvalue weighted by Crippen LogP contribution is -2.30. The summed E-state index contributed by atoms with van der Waals surface area (Å²) in [4.78, 5) is 10.3. The predicted molar refractivity (Wildman–Crippen MR) is 39.0 cm³/mol. The highest BCUT2D eigenvalue weighted by atomic mass is 32.2. The molecule has 1 amide bonds. The topological polar surface area (TPSA) is 72.5 Å². The number of hydrogen-bond acceptors (Lipinski definition) is 4. The van der Waals surface area contributed by atoms with Crippen LogP contribution in [0.4, 0.5) is 0 Å². The first kappa shape index (κ1) is 10.4. The van der Waals surface area contributed by atoms with Gasteiger partial charge in [0, 0.05) is 6.92 Å². The van der Waals surface area contributed by atoms with Crippen LogP contribution in [0.3, 0.4) is 0 Å². The maximum atomic E-state index is 10.6. The third-order valence-electron chi connectivity index (χ3n) is 0.711. The molecule has 0 aliphatic carbocycles. The first-order chi connectivity index (χ1) is 4.98. The Morgan fingerprint density at radius 2 is 2.09 bits per heavy atom. The third kappa shape index (κ3) is 5.81. The van der Waals surface area contributed by atoms with Gasteiger partial charge in [0.1, 0.15) is 0 Å². The van der Waals surface area contributed by atoms with Crippen LogP contribution in [0.1, 0.15) is 20.3 Å². The van der Waals surface area contributed by atoms with Gasteiger partial charge in [0.05, 0.1) is 6.61 Å². The molecule has 0 aliphatic rings. The monoisotopic (exact) mass is 181 g/mol. The summed E-state index contributed by atoms with van der Waals surface area (Å²) >= 11 is 0. The van der Waals surface area contributed by atoms with Crippen LogP contribution < -0.4 is 4.72 Å². The van der Waals surface area contributed by atoms with Gasteiger partial charge in [0.2, 0.25) is 5.91 Å². The number of amides is 1. The van der Waals surface area contributed by atoms with E-state index in [2.05, 4.69) is 4.18 Å². The molecule has 0 saturated heterocycles. The number of rotatable bonds is 4. The Kier molecular flexibility index (Phi) is 4.06. The van der Waals surface area contributed by atoms with Gasteiger partial charge in [-0.3, -0.25) is 8.98 Å². The van der Waals surface area contributed by atoms with Crippen LogP contribution >= 0.6 is 0 Å². The fourth-order valence-electron chi connectivity index (χ4n) is 0.399. The molecule has 0 spiro atoms. The summed E-state index contributed by atoms with van der Waals surface area (Å²) in [5, 5.41) is 0. The molecule has 11 heavy (non-hydrogen) atoms. The molecule has 5 nitrogen and oxygen atoms in total. The SMILES string of the molecule is CCCOS(=O)(=O)NC(C)=O. The van der Waals surface area contributed by atoms with Crippen molar-refractivity contribution in [3.63, 3.8) is 0 Å². The molecule has 0 radical (unpaired) electrons. The highest BCUT2D eigenvalue weighted by Crippen LogP contribution is 1.88. The standard InChI is InChI=1S/C5H11NO4S/c1-3-4-10-11(8,9)6-5(2)7/h3-4H2,1-2H3,(H,6,7). The summed E-state index contributed by atoms with van der Waals surface area (Å²) in [6.45, 7) is 2.96. The Balaban J connectivity index is 3.92. The van der Waals surface area contributed by atoms with Crippen LogP contribution in [0.15, 0.2) is 0 Å². The molecule has 0 heterocycles. The van der Waals surface area contributed by atoms with Crippen molar-refractivity contribution < 1.29 is 17.4 Å². The molecule has 1 N–H and O–H groups in total. The van der Waals surface area contributed by atoms with Crippen LogP contribution in [-0.2, 0) is 19.3 Å². The van der Waals surface area contributed by atoms with Gasteiger partial charge in [0.15, 0.2) is 0 Å². The average Bonchev–Trinajstić information content (AvgIpc) is 1.81. The van der Waals surface area contributed by atoms with Crippen molar-refractivity contribution in [2.45, 2.75) is 20.3 Å². The van der Waals surface area contributed by atoms with Crippen LogP contribution in [0, 0.1) is 0 Å². The number of carbonyl (C=O) groups excluding carboxylic acids is 1. The second kappa shape index (κ2) is 4.30. The van der Waals surface area contributed by atoms with Gasteiger partial charge < -0.3 is 0 Å². The fourth-order valence-corrected chi connectivity index (χ4v) is 1.20. The molecule has 0 aliphatic heterocycles. The molecule has 0 rings (SSSR count). The van der Waals surface area contributed by atoms with E-state index in [1.807, 2.05) is 0 Å². The van der Waals surface area contributed by atoms with E-state index < -0.39 is 16.2 Å². The van der Waals surface area contributed by atoms with Gasteiger partial charge in [0.25, 0.3) is 0 Å². The van der Waals surface area contributed by atoms with Gasteiger partial charge in [-0.05, 0) is 6.42 Å². The molecule has 0 saturated carbocycles. The van der Waals surface area contributed by atoms with E-state index in [-0.39, 0.29) is 6.61 Å². The lowest BCUT2D eigenvalue weighted by Gasteiger charge is -2.02. The van der Waals surface area contributed by atoms with E-state index in [1.165, 1.54) is 0 Å². The number of nitrogens with one attached hydrogen (secondary N) is 1. The van der Waals surface area contributed by atoms with E-state index in [4.69, 9.17) is 0 Å². The molecule has 0 aromatic rings. The molecular formula is C5H11NO4S. The van der Waals surface area contributed by atoms with Gasteiger partial charge in [-0.25, -0.2) is 4.72 Å². The zero-order valence-electron chi connectivity index (χ0n) is 6.46. The minimum absolute atomic E-state index is 0.0859. The van der Waals surface area contributed by atoms with E-state index in [1.54, 1.807) is 11.6 Å². The minimum Gasteiger partial charge on any atom is -0.274 e. The molecule has 0 bridgehead atoms. The largest absolute Gasteiger partial charge is 0.362 e. The number of carbonyl (C=O) groups is 1. The van der Waals surface area contributed by atoms with Gasteiger partial charge in [-0.1, -0.05) is 6.92 Å². The summed E-state index contributed by atoms with van der Waals surface area (Å²) in [7, 11) is -3.84. The van der Waals surface area contributed by atoms with Crippen LogP contribution in [-0.4, -0.2) is 20.9 Å². The second-order valence-corrected chi connectivity index (χ2v) is 3.28. The highest BCUT2D eigenvalue weighted by Gasteiger charge is 2.10. The van der Waals surface area contributed by atoms with Crippen molar-refractivity contribution in [2.75, 3.05) is 6.61 Å². The number of hydrogen-bond donors (Lipinski definition) is 1. The van der Waals surface area contributed by atoms with Crippen molar-refractivity contribution >= 4 is 16.2 Å². The van der Waals surface area contributed by atoms with Gasteiger partial charge in [-0.2, -0.15) is 8.42 Å². The minimum atomic E-state index is -3.84. The molecule has 0 aromatic heterocycles. The van der Waals surface area contributed by atoms with Crippen LogP contribution in [0.2, 0.25) is 0 Å². The maximum absolute atomic E-state index is 10.6. The Labute approximate surface area is 66.0 Å². The quantitative estimate of drug-likeness (QED) is 0.651. The summed E-state index contributed by atoms with van der Waals surface area (Å²) in [5.74, 6) is -0.652. The fraction of sp³-hybridized carbons (Fsp3) is 0.800. The van der Waals surface area contributed by atoms with Crippen LogP contribution in [0.25, 0.3) is 0 Å². The molecule has 6 heteroatoms. The molecule has 0 fully saturated rings. The predicted octanol–water partition coefficient (Wildman–Crippen LogP) is -0.206.